The Hall–Kier alpha value is -2.22. The highest BCUT2D eigenvalue weighted by molar-refractivity contribution is 9.10. The number of nitrogens with zero attached hydrogens (tertiary/aromatic N) is 6. The van der Waals surface area contributed by atoms with Crippen LogP contribution in [0.2, 0.25) is 0 Å². The van der Waals surface area contributed by atoms with E-state index in [2.05, 4.69) is 47.0 Å². The van der Waals surface area contributed by atoms with E-state index in [0.29, 0.717) is 11.9 Å². The smallest absolute Gasteiger partial charge is 0.323 e. The minimum Gasteiger partial charge on any atom is -0.356 e. The van der Waals surface area contributed by atoms with E-state index in [1.54, 1.807) is 6.33 Å². The number of halogens is 1. The Kier molecular flexibility index (Phi) is 4.29. The number of rotatable bonds is 3. The summed E-state index contributed by atoms with van der Waals surface area (Å²) in [5.41, 5.74) is 0.948. The van der Waals surface area contributed by atoms with Crippen LogP contribution in [0.1, 0.15) is 24.6 Å². The van der Waals surface area contributed by atoms with E-state index >= 15 is 0 Å². The first kappa shape index (κ1) is 16.3. The number of fused-ring (bicyclic) bond motifs is 1. The molecule has 4 rings (SSSR count). The van der Waals surface area contributed by atoms with Gasteiger partial charge >= 0.3 is 6.01 Å². The fourth-order valence-electron chi connectivity index (χ4n) is 3.21. The van der Waals surface area contributed by atoms with E-state index in [1.807, 2.05) is 31.1 Å². The Bertz CT molecular complexity index is 888. The van der Waals surface area contributed by atoms with E-state index in [1.165, 1.54) is 0 Å². The van der Waals surface area contributed by atoms with Gasteiger partial charge in [-0.2, -0.15) is 4.98 Å². The van der Waals surface area contributed by atoms with Gasteiger partial charge in [0.1, 0.15) is 12.1 Å². The fraction of sp³-hybridized carbons (Fsp3) is 0.412. The van der Waals surface area contributed by atoms with Gasteiger partial charge < -0.3 is 14.3 Å². The van der Waals surface area contributed by atoms with E-state index < -0.39 is 0 Å². The van der Waals surface area contributed by atoms with Gasteiger partial charge in [-0.05, 0) is 40.9 Å². The number of hydrogen-bond acceptors (Lipinski definition) is 7. The van der Waals surface area contributed by atoms with Crippen molar-refractivity contribution >= 4 is 38.7 Å². The predicted molar refractivity (Wildman–Crippen MR) is 100 cm³/mol. The molecule has 0 N–H and O–H groups in total. The quantitative estimate of drug-likeness (QED) is 0.665. The maximum Gasteiger partial charge on any atom is 0.323 e. The molecule has 1 saturated heterocycles. The van der Waals surface area contributed by atoms with E-state index in [0.717, 1.165) is 52.9 Å². The van der Waals surface area contributed by atoms with Crippen molar-refractivity contribution in [1.82, 2.24) is 20.1 Å². The van der Waals surface area contributed by atoms with Crippen LogP contribution in [0.3, 0.4) is 0 Å². The lowest BCUT2D eigenvalue weighted by Crippen LogP contribution is -2.34. The van der Waals surface area contributed by atoms with Crippen molar-refractivity contribution < 1.29 is 4.52 Å². The Balaban J connectivity index is 1.53. The lowest BCUT2D eigenvalue weighted by molar-refractivity contribution is 0.396. The molecule has 0 spiro atoms. The highest BCUT2D eigenvalue weighted by Crippen LogP contribution is 2.33. The SMILES string of the molecule is CN(C)c1nc(C2CCN(c3ncnc4c(Br)cccc34)CC2)no1. The highest BCUT2D eigenvalue weighted by atomic mass is 79.9. The summed E-state index contributed by atoms with van der Waals surface area (Å²) >= 11 is 3.57. The Labute approximate surface area is 154 Å². The fourth-order valence-corrected chi connectivity index (χ4v) is 3.68. The molecular weight excluding hydrogens is 384 g/mol. The summed E-state index contributed by atoms with van der Waals surface area (Å²) in [6.45, 7) is 1.82. The van der Waals surface area contributed by atoms with Crippen molar-refractivity contribution in [3.63, 3.8) is 0 Å². The third kappa shape index (κ3) is 3.06. The summed E-state index contributed by atoms with van der Waals surface area (Å²) < 4.78 is 6.28. The molecular formula is C17H19BrN6O. The normalized spacial score (nSPS) is 15.7. The van der Waals surface area contributed by atoms with Crippen molar-refractivity contribution in [2.75, 3.05) is 37.0 Å². The Morgan fingerprint density at radius 1 is 1.20 bits per heavy atom. The first-order valence-corrected chi connectivity index (χ1v) is 9.08. The summed E-state index contributed by atoms with van der Waals surface area (Å²) in [5, 5.41) is 5.22. The van der Waals surface area contributed by atoms with Crippen LogP contribution in [0.25, 0.3) is 10.9 Å². The molecule has 3 heterocycles. The number of benzene rings is 1. The van der Waals surface area contributed by atoms with Gasteiger partial charge in [0, 0.05) is 43.0 Å². The summed E-state index contributed by atoms with van der Waals surface area (Å²) in [5.74, 6) is 2.12. The standard InChI is InChI=1S/C17H19BrN6O/c1-23(2)17-21-15(22-25-17)11-6-8-24(9-7-11)16-12-4-3-5-13(18)14(12)19-10-20-16/h3-5,10-11H,6-9H2,1-2H3. The average molecular weight is 403 g/mol. The largest absolute Gasteiger partial charge is 0.356 e. The van der Waals surface area contributed by atoms with Crippen molar-refractivity contribution in [3.05, 3.63) is 34.8 Å². The second-order valence-corrected chi connectivity index (χ2v) is 7.28. The summed E-state index contributed by atoms with van der Waals surface area (Å²) in [4.78, 5) is 17.6. The first-order chi connectivity index (χ1) is 12.1. The number of hydrogen-bond donors (Lipinski definition) is 0. The van der Waals surface area contributed by atoms with Crippen LogP contribution in [-0.4, -0.2) is 47.3 Å². The Morgan fingerprint density at radius 2 is 2.00 bits per heavy atom. The molecule has 0 amide bonds. The molecule has 3 aromatic rings. The second-order valence-electron chi connectivity index (χ2n) is 6.42. The lowest BCUT2D eigenvalue weighted by Gasteiger charge is -2.32. The predicted octanol–water partition coefficient (Wildman–Crippen LogP) is 3.23. The van der Waals surface area contributed by atoms with Crippen LogP contribution >= 0.6 is 15.9 Å². The van der Waals surface area contributed by atoms with E-state index in [-0.39, 0.29) is 0 Å². The zero-order chi connectivity index (χ0) is 17.4. The lowest BCUT2D eigenvalue weighted by atomic mass is 9.96. The van der Waals surface area contributed by atoms with Gasteiger partial charge in [-0.1, -0.05) is 11.2 Å². The molecule has 1 aromatic carbocycles. The van der Waals surface area contributed by atoms with E-state index in [4.69, 9.17) is 4.52 Å². The number of piperidine rings is 1. The average Bonchev–Trinajstić information content (AvgIpc) is 3.12. The molecule has 0 saturated carbocycles. The maximum absolute atomic E-state index is 5.29. The summed E-state index contributed by atoms with van der Waals surface area (Å²) in [6.07, 6.45) is 3.59. The monoisotopic (exact) mass is 402 g/mol. The molecule has 0 unspecified atom stereocenters. The van der Waals surface area contributed by atoms with Crippen molar-refractivity contribution in [3.8, 4) is 0 Å². The molecule has 0 atom stereocenters. The maximum atomic E-state index is 5.29. The third-order valence-corrected chi connectivity index (χ3v) is 5.21. The van der Waals surface area contributed by atoms with Crippen molar-refractivity contribution in [1.29, 1.82) is 0 Å². The summed E-state index contributed by atoms with van der Waals surface area (Å²) in [7, 11) is 3.80. The molecule has 130 valence electrons. The first-order valence-electron chi connectivity index (χ1n) is 8.28. The molecule has 0 aliphatic carbocycles. The molecule has 1 aliphatic heterocycles. The third-order valence-electron chi connectivity index (χ3n) is 4.57. The van der Waals surface area contributed by atoms with Gasteiger partial charge in [0.25, 0.3) is 0 Å². The van der Waals surface area contributed by atoms with Gasteiger partial charge in [-0.25, -0.2) is 9.97 Å². The molecule has 1 aliphatic rings. The molecule has 0 bridgehead atoms. The van der Waals surface area contributed by atoms with Crippen LogP contribution < -0.4 is 9.80 Å². The molecule has 0 radical (unpaired) electrons. The van der Waals surface area contributed by atoms with Crippen molar-refractivity contribution in [2.24, 2.45) is 0 Å². The van der Waals surface area contributed by atoms with Crippen LogP contribution in [0, 0.1) is 0 Å². The van der Waals surface area contributed by atoms with Crippen LogP contribution in [-0.2, 0) is 0 Å². The zero-order valence-electron chi connectivity index (χ0n) is 14.2. The van der Waals surface area contributed by atoms with Crippen LogP contribution in [0.5, 0.6) is 0 Å². The van der Waals surface area contributed by atoms with E-state index in [9.17, 15) is 0 Å². The van der Waals surface area contributed by atoms with Gasteiger partial charge in [-0.15, -0.1) is 0 Å². The molecule has 8 heteroatoms. The number of anilines is 2. The topological polar surface area (TPSA) is 71.2 Å². The van der Waals surface area contributed by atoms with Crippen LogP contribution in [0.15, 0.2) is 33.5 Å². The number of para-hydroxylation sites is 1. The van der Waals surface area contributed by atoms with Crippen LogP contribution in [0.4, 0.5) is 11.8 Å². The molecule has 1 fully saturated rings. The van der Waals surface area contributed by atoms with Gasteiger partial charge in [0.15, 0.2) is 5.82 Å². The van der Waals surface area contributed by atoms with Gasteiger partial charge in [0.2, 0.25) is 0 Å². The molecule has 25 heavy (non-hydrogen) atoms. The number of aromatic nitrogens is 4. The highest BCUT2D eigenvalue weighted by Gasteiger charge is 2.26. The minimum absolute atomic E-state index is 0.327. The van der Waals surface area contributed by atoms with Gasteiger partial charge in [0.05, 0.1) is 5.52 Å². The second kappa shape index (κ2) is 6.59. The zero-order valence-corrected chi connectivity index (χ0v) is 15.8. The summed E-state index contributed by atoms with van der Waals surface area (Å²) in [6, 6.07) is 6.66. The molecule has 2 aromatic heterocycles. The molecule has 7 nitrogen and oxygen atoms in total. The van der Waals surface area contributed by atoms with Gasteiger partial charge in [-0.3, -0.25) is 0 Å². The minimum atomic E-state index is 0.327. The Morgan fingerprint density at radius 3 is 2.72 bits per heavy atom. The van der Waals surface area contributed by atoms with Crippen molar-refractivity contribution in [2.45, 2.75) is 18.8 Å².